The van der Waals surface area contributed by atoms with Gasteiger partial charge in [-0.1, -0.05) is 12.8 Å². The quantitative estimate of drug-likeness (QED) is 0.719. The molecule has 0 saturated carbocycles. The minimum atomic E-state index is 0.520. The third kappa shape index (κ3) is 3.78. The van der Waals surface area contributed by atoms with E-state index < -0.39 is 0 Å². The van der Waals surface area contributed by atoms with Gasteiger partial charge >= 0.3 is 0 Å². The molecule has 0 fully saturated rings. The maximum absolute atomic E-state index is 5.51. The Balaban J connectivity index is 2.53. The summed E-state index contributed by atoms with van der Waals surface area (Å²) in [5, 5.41) is 0. The van der Waals surface area contributed by atoms with Crippen molar-refractivity contribution in [3.8, 4) is 12.3 Å². The van der Waals surface area contributed by atoms with Crippen LogP contribution in [0.3, 0.4) is 0 Å². The van der Waals surface area contributed by atoms with Gasteiger partial charge in [0.25, 0.3) is 0 Å². The van der Waals surface area contributed by atoms with E-state index in [1.807, 2.05) is 6.07 Å². The minimum Gasteiger partial charge on any atom is -0.468 e. The second kappa shape index (κ2) is 6.28. The Kier molecular flexibility index (Phi) is 4.96. The number of furan rings is 1. The maximum atomic E-state index is 5.51. The van der Waals surface area contributed by atoms with Crippen LogP contribution in [-0.4, -0.2) is 18.0 Å². The Bertz CT molecular complexity index is 325. The van der Waals surface area contributed by atoms with Crippen molar-refractivity contribution in [1.29, 1.82) is 0 Å². The molecule has 3 nitrogen and oxygen atoms in total. The van der Waals surface area contributed by atoms with Crippen molar-refractivity contribution in [3.05, 3.63) is 23.7 Å². The highest BCUT2D eigenvalue weighted by Gasteiger charge is 2.06. The summed E-state index contributed by atoms with van der Waals surface area (Å²) in [4.78, 5) is 2.18. The summed E-state index contributed by atoms with van der Waals surface area (Å²) in [6.45, 7) is 5.07. The fourth-order valence-electron chi connectivity index (χ4n) is 1.50. The fraction of sp³-hybridized carbons (Fsp3) is 0.500. The van der Waals surface area contributed by atoms with E-state index in [4.69, 9.17) is 16.6 Å². The van der Waals surface area contributed by atoms with E-state index in [-0.39, 0.29) is 0 Å². The number of hydrogen-bond donors (Lipinski definition) is 1. The largest absolute Gasteiger partial charge is 0.468 e. The molecule has 1 aromatic rings. The van der Waals surface area contributed by atoms with Crippen LogP contribution >= 0.6 is 0 Å². The van der Waals surface area contributed by atoms with E-state index in [9.17, 15) is 0 Å². The summed E-state index contributed by atoms with van der Waals surface area (Å²) in [6.07, 6.45) is 8.10. The zero-order chi connectivity index (χ0) is 11.1. The molecule has 2 N–H and O–H groups in total. The summed E-state index contributed by atoms with van der Waals surface area (Å²) in [5.74, 6) is 3.58. The van der Waals surface area contributed by atoms with Crippen LogP contribution in [0, 0.1) is 12.3 Å². The first-order valence-corrected chi connectivity index (χ1v) is 5.22. The van der Waals surface area contributed by atoms with Crippen LogP contribution in [-0.2, 0) is 13.1 Å². The second-order valence-electron chi connectivity index (χ2n) is 3.54. The van der Waals surface area contributed by atoms with Gasteiger partial charge in [0.05, 0.1) is 19.4 Å². The van der Waals surface area contributed by atoms with Crippen molar-refractivity contribution >= 4 is 0 Å². The van der Waals surface area contributed by atoms with Crippen LogP contribution in [0.4, 0.5) is 0 Å². The van der Waals surface area contributed by atoms with Gasteiger partial charge in [-0.15, -0.1) is 6.42 Å². The highest BCUT2D eigenvalue weighted by Crippen LogP contribution is 2.10. The van der Waals surface area contributed by atoms with Gasteiger partial charge in [0.1, 0.15) is 5.76 Å². The van der Waals surface area contributed by atoms with E-state index in [2.05, 4.69) is 17.7 Å². The third-order valence-corrected chi connectivity index (χ3v) is 2.18. The fourth-order valence-corrected chi connectivity index (χ4v) is 1.50. The first kappa shape index (κ1) is 11.8. The van der Waals surface area contributed by atoms with Gasteiger partial charge < -0.3 is 10.2 Å². The molecule has 0 aliphatic carbocycles. The van der Waals surface area contributed by atoms with Crippen molar-refractivity contribution in [1.82, 2.24) is 4.90 Å². The number of terminal acetylenes is 1. The smallest absolute Gasteiger partial charge is 0.118 e. The lowest BCUT2D eigenvalue weighted by Crippen LogP contribution is -2.24. The first-order chi connectivity index (χ1) is 7.30. The molecule has 0 amide bonds. The molecule has 0 spiro atoms. The summed E-state index contributed by atoms with van der Waals surface area (Å²) in [6, 6.07) is 1.99. The molecule has 0 atom stereocenters. The average molecular weight is 206 g/mol. The third-order valence-electron chi connectivity index (χ3n) is 2.18. The van der Waals surface area contributed by atoms with Crippen molar-refractivity contribution < 1.29 is 4.42 Å². The number of nitrogens with zero attached hydrogens (tertiary/aromatic N) is 1. The van der Waals surface area contributed by atoms with Crippen LogP contribution in [0.5, 0.6) is 0 Å². The van der Waals surface area contributed by atoms with Crippen molar-refractivity contribution in [3.63, 3.8) is 0 Å². The van der Waals surface area contributed by atoms with E-state index in [1.54, 1.807) is 6.26 Å². The monoisotopic (exact) mass is 206 g/mol. The van der Waals surface area contributed by atoms with Gasteiger partial charge in [-0.3, -0.25) is 4.90 Å². The van der Waals surface area contributed by atoms with Gasteiger partial charge in [-0.2, -0.15) is 0 Å². The Morgan fingerprint density at radius 3 is 2.93 bits per heavy atom. The molecule has 1 aromatic heterocycles. The lowest BCUT2D eigenvalue weighted by atomic mass is 10.3. The minimum absolute atomic E-state index is 0.520. The number of nitrogens with two attached hydrogens (primary N) is 1. The zero-order valence-electron chi connectivity index (χ0n) is 9.20. The Labute approximate surface area is 91.2 Å². The van der Waals surface area contributed by atoms with E-state index in [0.29, 0.717) is 13.1 Å². The molecule has 1 rings (SSSR count). The second-order valence-corrected chi connectivity index (χ2v) is 3.54. The van der Waals surface area contributed by atoms with Crippen molar-refractivity contribution in [2.45, 2.75) is 26.4 Å². The average Bonchev–Trinajstić information content (AvgIpc) is 2.66. The van der Waals surface area contributed by atoms with E-state index in [0.717, 1.165) is 30.8 Å². The molecule has 15 heavy (non-hydrogen) atoms. The zero-order valence-corrected chi connectivity index (χ0v) is 9.20. The molecular formula is C12H18N2O. The van der Waals surface area contributed by atoms with Crippen LogP contribution in [0.1, 0.15) is 24.7 Å². The predicted octanol–water partition coefficient (Wildman–Crippen LogP) is 1.58. The van der Waals surface area contributed by atoms with Crippen LogP contribution in [0.25, 0.3) is 0 Å². The molecule has 0 aliphatic rings. The highest BCUT2D eigenvalue weighted by atomic mass is 16.3. The lowest BCUT2D eigenvalue weighted by molar-refractivity contribution is 0.272. The van der Waals surface area contributed by atoms with Crippen molar-refractivity contribution in [2.24, 2.45) is 5.73 Å². The number of hydrogen-bond acceptors (Lipinski definition) is 3. The van der Waals surface area contributed by atoms with Gasteiger partial charge in [-0.05, 0) is 19.0 Å². The Morgan fingerprint density at radius 2 is 2.40 bits per heavy atom. The molecule has 0 unspecified atom stereocenters. The van der Waals surface area contributed by atoms with E-state index in [1.165, 1.54) is 0 Å². The number of rotatable bonds is 6. The normalized spacial score (nSPS) is 10.5. The summed E-state index contributed by atoms with van der Waals surface area (Å²) < 4.78 is 5.39. The molecule has 1 heterocycles. The topological polar surface area (TPSA) is 42.4 Å². The van der Waals surface area contributed by atoms with Gasteiger partial charge in [-0.25, -0.2) is 0 Å². The lowest BCUT2D eigenvalue weighted by Gasteiger charge is -2.16. The Morgan fingerprint density at radius 1 is 1.60 bits per heavy atom. The standard InChI is InChI=1S/C12H18N2O/c1-3-5-14(6-4-2)9-12-7-11(8-13)10-15-12/h1,7,10H,4-6,8-9,13H2,2H3. The molecule has 0 bridgehead atoms. The Hall–Kier alpha value is -1.24. The summed E-state index contributed by atoms with van der Waals surface area (Å²) in [5.41, 5.74) is 6.54. The summed E-state index contributed by atoms with van der Waals surface area (Å²) in [7, 11) is 0. The van der Waals surface area contributed by atoms with Crippen LogP contribution in [0.15, 0.2) is 16.7 Å². The molecule has 0 saturated heterocycles. The molecule has 0 radical (unpaired) electrons. The van der Waals surface area contributed by atoms with Gasteiger partial charge in [0.15, 0.2) is 0 Å². The molecule has 0 aromatic carbocycles. The molecular weight excluding hydrogens is 188 g/mol. The van der Waals surface area contributed by atoms with Crippen LogP contribution in [0.2, 0.25) is 0 Å². The van der Waals surface area contributed by atoms with Crippen molar-refractivity contribution in [2.75, 3.05) is 13.1 Å². The highest BCUT2D eigenvalue weighted by molar-refractivity contribution is 5.12. The molecule has 82 valence electrons. The van der Waals surface area contributed by atoms with Gasteiger partial charge in [0, 0.05) is 12.1 Å². The van der Waals surface area contributed by atoms with Gasteiger partial charge in [0.2, 0.25) is 0 Å². The summed E-state index contributed by atoms with van der Waals surface area (Å²) >= 11 is 0. The molecule has 3 heteroatoms. The predicted molar refractivity (Wildman–Crippen MR) is 61.0 cm³/mol. The maximum Gasteiger partial charge on any atom is 0.118 e. The van der Waals surface area contributed by atoms with Crippen LogP contribution < -0.4 is 5.73 Å². The molecule has 0 aliphatic heterocycles. The SMILES string of the molecule is C#CCN(CCC)Cc1cc(CN)co1. The first-order valence-electron chi connectivity index (χ1n) is 5.22. The van der Waals surface area contributed by atoms with E-state index >= 15 is 0 Å².